The summed E-state index contributed by atoms with van der Waals surface area (Å²) in [7, 11) is 0. The largest absolute Gasteiger partial charge is 0.444 e. The number of cyclic esters (lactones) is 1. The van der Waals surface area contributed by atoms with Gasteiger partial charge in [0.25, 0.3) is 0 Å². The third-order valence-electron chi connectivity index (χ3n) is 2.21. The number of rotatable bonds is 3. The molecule has 1 aliphatic heterocycles. The van der Waals surface area contributed by atoms with Crippen molar-refractivity contribution in [3.8, 4) is 0 Å². The van der Waals surface area contributed by atoms with Crippen molar-refractivity contribution in [2.24, 2.45) is 5.11 Å². The maximum absolute atomic E-state index is 11.5. The van der Waals surface area contributed by atoms with Gasteiger partial charge in [-0.25, -0.2) is 9.78 Å². The van der Waals surface area contributed by atoms with Crippen LogP contribution in [0.5, 0.6) is 0 Å². The lowest BCUT2D eigenvalue weighted by Gasteiger charge is -2.10. The minimum absolute atomic E-state index is 0.117. The summed E-state index contributed by atoms with van der Waals surface area (Å²) in [5.41, 5.74) is 8.18. The lowest BCUT2D eigenvalue weighted by molar-refractivity contribution is 0.145. The SMILES string of the molecule is [N-]=[N+]=NCC1CN(c2ccc(Cl)cn2)C(=O)O1. The highest BCUT2D eigenvalue weighted by atomic mass is 35.5. The van der Waals surface area contributed by atoms with Crippen molar-refractivity contribution in [1.82, 2.24) is 4.98 Å². The molecule has 17 heavy (non-hydrogen) atoms. The molecule has 1 atom stereocenters. The van der Waals surface area contributed by atoms with Gasteiger partial charge < -0.3 is 4.74 Å². The number of pyridine rings is 1. The van der Waals surface area contributed by atoms with Crippen LogP contribution in [0.15, 0.2) is 23.4 Å². The smallest absolute Gasteiger partial charge is 0.415 e. The fourth-order valence-electron chi connectivity index (χ4n) is 1.46. The Morgan fingerprint density at radius 1 is 1.71 bits per heavy atom. The van der Waals surface area contributed by atoms with E-state index >= 15 is 0 Å². The van der Waals surface area contributed by atoms with Crippen molar-refractivity contribution in [3.05, 3.63) is 33.8 Å². The number of carbonyl (C=O) groups excluding carboxylic acids is 1. The molecule has 1 aliphatic rings. The van der Waals surface area contributed by atoms with Crippen molar-refractivity contribution < 1.29 is 9.53 Å². The van der Waals surface area contributed by atoms with Gasteiger partial charge in [0.05, 0.1) is 18.1 Å². The predicted octanol–water partition coefficient (Wildman–Crippen LogP) is 2.37. The van der Waals surface area contributed by atoms with Crippen molar-refractivity contribution in [1.29, 1.82) is 0 Å². The Bertz CT molecular complexity index is 471. The lowest BCUT2D eigenvalue weighted by Crippen LogP contribution is -2.25. The van der Waals surface area contributed by atoms with Crippen LogP contribution in [0.25, 0.3) is 10.4 Å². The summed E-state index contributed by atoms with van der Waals surface area (Å²) in [5.74, 6) is 0.461. The highest BCUT2D eigenvalue weighted by Gasteiger charge is 2.32. The zero-order valence-corrected chi connectivity index (χ0v) is 9.41. The van der Waals surface area contributed by atoms with Gasteiger partial charge in [0.2, 0.25) is 0 Å². The molecule has 1 saturated heterocycles. The summed E-state index contributed by atoms with van der Waals surface area (Å²) >= 11 is 5.70. The molecule has 1 aromatic heterocycles. The van der Waals surface area contributed by atoms with Gasteiger partial charge in [-0.1, -0.05) is 16.7 Å². The van der Waals surface area contributed by atoms with Crippen molar-refractivity contribution >= 4 is 23.5 Å². The summed E-state index contributed by atoms with van der Waals surface area (Å²) in [5, 5.41) is 3.86. The maximum Gasteiger partial charge on any atom is 0.415 e. The van der Waals surface area contributed by atoms with E-state index in [1.807, 2.05) is 0 Å². The Balaban J connectivity index is 2.10. The molecule has 88 valence electrons. The number of hydrogen-bond donors (Lipinski definition) is 0. The number of anilines is 1. The van der Waals surface area contributed by atoms with Crippen LogP contribution in [0.3, 0.4) is 0 Å². The van der Waals surface area contributed by atoms with E-state index in [-0.39, 0.29) is 6.54 Å². The first-order valence-electron chi connectivity index (χ1n) is 4.81. The van der Waals surface area contributed by atoms with Crippen LogP contribution in [-0.4, -0.2) is 30.3 Å². The number of azide groups is 1. The molecule has 1 fully saturated rings. The normalized spacial score (nSPS) is 18.8. The highest BCUT2D eigenvalue weighted by molar-refractivity contribution is 6.30. The monoisotopic (exact) mass is 253 g/mol. The Hall–Kier alpha value is -1.98. The fourth-order valence-corrected chi connectivity index (χ4v) is 1.57. The van der Waals surface area contributed by atoms with Gasteiger partial charge in [0, 0.05) is 11.1 Å². The summed E-state index contributed by atoms with van der Waals surface area (Å²) < 4.78 is 5.01. The third kappa shape index (κ3) is 2.58. The quantitative estimate of drug-likeness (QED) is 0.470. The minimum atomic E-state index is -0.502. The Labute approximate surface area is 102 Å². The number of hydrogen-bond acceptors (Lipinski definition) is 4. The van der Waals surface area contributed by atoms with Crippen molar-refractivity contribution in [2.75, 3.05) is 18.0 Å². The zero-order chi connectivity index (χ0) is 12.3. The lowest BCUT2D eigenvalue weighted by atomic mass is 10.3. The topological polar surface area (TPSA) is 91.2 Å². The average Bonchev–Trinajstić information content (AvgIpc) is 2.69. The van der Waals surface area contributed by atoms with Crippen LogP contribution < -0.4 is 4.90 Å². The summed E-state index contributed by atoms with van der Waals surface area (Å²) in [6.45, 7) is 0.429. The van der Waals surface area contributed by atoms with Gasteiger partial charge in [0.1, 0.15) is 11.9 Å². The Morgan fingerprint density at radius 3 is 3.18 bits per heavy atom. The van der Waals surface area contributed by atoms with Gasteiger partial charge in [-0.3, -0.25) is 4.90 Å². The molecule has 0 aliphatic carbocycles. The molecule has 0 saturated carbocycles. The predicted molar refractivity (Wildman–Crippen MR) is 60.9 cm³/mol. The second kappa shape index (κ2) is 4.90. The second-order valence-electron chi connectivity index (χ2n) is 3.36. The molecule has 0 N–H and O–H groups in total. The maximum atomic E-state index is 11.5. The summed E-state index contributed by atoms with van der Waals surface area (Å²) in [4.78, 5) is 19.5. The number of ether oxygens (including phenoxy) is 1. The number of aromatic nitrogens is 1. The summed E-state index contributed by atoms with van der Waals surface area (Å²) in [6.07, 6.45) is 0.513. The van der Waals surface area contributed by atoms with Gasteiger partial charge in [0.15, 0.2) is 0 Å². The van der Waals surface area contributed by atoms with Gasteiger partial charge in [-0.15, -0.1) is 0 Å². The Morgan fingerprint density at radius 2 is 2.53 bits per heavy atom. The van der Waals surface area contributed by atoms with E-state index in [4.69, 9.17) is 21.9 Å². The molecule has 2 rings (SSSR count). The van der Waals surface area contributed by atoms with E-state index in [1.54, 1.807) is 12.1 Å². The first kappa shape index (κ1) is 11.5. The second-order valence-corrected chi connectivity index (χ2v) is 3.80. The van der Waals surface area contributed by atoms with E-state index in [2.05, 4.69) is 15.0 Å². The van der Waals surface area contributed by atoms with Gasteiger partial charge in [-0.2, -0.15) is 0 Å². The molecule has 0 spiro atoms. The molecule has 1 aromatic rings. The molecule has 2 heterocycles. The minimum Gasteiger partial charge on any atom is -0.444 e. The van der Waals surface area contributed by atoms with E-state index < -0.39 is 12.2 Å². The molecule has 1 amide bonds. The molecular formula is C9H8ClN5O2. The molecule has 1 unspecified atom stereocenters. The van der Waals surface area contributed by atoms with Crippen LogP contribution in [0, 0.1) is 0 Å². The van der Waals surface area contributed by atoms with E-state index in [9.17, 15) is 4.79 Å². The molecule has 7 nitrogen and oxygen atoms in total. The standard InChI is InChI=1S/C9H8ClN5O2/c10-6-1-2-8(12-3-6)15-5-7(4-13-14-11)17-9(15)16/h1-3,7H,4-5H2. The zero-order valence-electron chi connectivity index (χ0n) is 8.65. The van der Waals surface area contributed by atoms with Gasteiger partial charge >= 0.3 is 6.09 Å². The molecule has 0 radical (unpaired) electrons. The van der Waals surface area contributed by atoms with E-state index in [1.165, 1.54) is 11.1 Å². The van der Waals surface area contributed by atoms with E-state index in [0.29, 0.717) is 17.4 Å². The highest BCUT2D eigenvalue weighted by Crippen LogP contribution is 2.20. The van der Waals surface area contributed by atoms with Crippen LogP contribution in [-0.2, 0) is 4.74 Å². The van der Waals surface area contributed by atoms with Crippen molar-refractivity contribution in [3.63, 3.8) is 0 Å². The molecule has 0 bridgehead atoms. The summed E-state index contributed by atoms with van der Waals surface area (Å²) in [6, 6.07) is 3.26. The number of carbonyl (C=O) groups is 1. The molecule has 8 heteroatoms. The van der Waals surface area contributed by atoms with Crippen LogP contribution >= 0.6 is 11.6 Å². The van der Waals surface area contributed by atoms with Crippen LogP contribution in [0.4, 0.5) is 10.6 Å². The van der Waals surface area contributed by atoms with Crippen LogP contribution in [0.1, 0.15) is 0 Å². The Kier molecular flexibility index (Phi) is 3.32. The first-order valence-corrected chi connectivity index (χ1v) is 5.19. The number of halogens is 1. The average molecular weight is 254 g/mol. The van der Waals surface area contributed by atoms with Crippen LogP contribution in [0.2, 0.25) is 5.02 Å². The molecule has 0 aromatic carbocycles. The first-order chi connectivity index (χ1) is 8.20. The number of amides is 1. The third-order valence-corrected chi connectivity index (χ3v) is 2.43. The molecular weight excluding hydrogens is 246 g/mol. The van der Waals surface area contributed by atoms with E-state index in [0.717, 1.165) is 0 Å². The number of nitrogens with zero attached hydrogens (tertiary/aromatic N) is 5. The van der Waals surface area contributed by atoms with Crippen molar-refractivity contribution in [2.45, 2.75) is 6.10 Å². The fraction of sp³-hybridized carbons (Fsp3) is 0.333. The van der Waals surface area contributed by atoms with Gasteiger partial charge in [-0.05, 0) is 17.7 Å².